The number of aromatic nitrogens is 2. The smallest absolute Gasteiger partial charge is 0.279 e. The van der Waals surface area contributed by atoms with E-state index in [0.29, 0.717) is 16.7 Å². The van der Waals surface area contributed by atoms with E-state index in [2.05, 4.69) is 15.8 Å². The molecule has 3 aromatic carbocycles. The van der Waals surface area contributed by atoms with Gasteiger partial charge in [0, 0.05) is 13.0 Å². The summed E-state index contributed by atoms with van der Waals surface area (Å²) in [6.45, 7) is 3.62. The number of carbonyl (C=O) groups excluding carboxylic acids is 2. The maximum Gasteiger partial charge on any atom is 0.279 e. The third kappa shape index (κ3) is 5.01. The van der Waals surface area contributed by atoms with Gasteiger partial charge in [0.15, 0.2) is 6.10 Å². The predicted molar refractivity (Wildman–Crippen MR) is 126 cm³/mol. The molecule has 1 atom stereocenters. The second-order valence-electron chi connectivity index (χ2n) is 7.77. The molecule has 0 saturated carbocycles. The molecular weight excluding hydrogens is 420 g/mol. The molecule has 0 fully saturated rings. The molecule has 2 amide bonds. The number of nitrogens with zero attached hydrogens (tertiary/aromatic N) is 2. The Morgan fingerprint density at radius 3 is 2.64 bits per heavy atom. The molecule has 0 saturated heterocycles. The van der Waals surface area contributed by atoms with Gasteiger partial charge in [-0.1, -0.05) is 42.5 Å². The number of rotatable bonds is 6. The van der Waals surface area contributed by atoms with E-state index in [9.17, 15) is 14.4 Å². The van der Waals surface area contributed by atoms with Gasteiger partial charge in [-0.15, -0.1) is 0 Å². The lowest BCUT2D eigenvalue weighted by atomic mass is 10.1. The largest absolute Gasteiger partial charge is 0.481 e. The first-order valence-corrected chi connectivity index (χ1v) is 10.6. The molecule has 4 rings (SSSR count). The minimum absolute atomic E-state index is 0.000891. The van der Waals surface area contributed by atoms with Gasteiger partial charge in [0.2, 0.25) is 5.91 Å². The van der Waals surface area contributed by atoms with Crippen LogP contribution in [-0.2, 0) is 16.1 Å². The number of amides is 2. The number of carbonyl (C=O) groups is 2. The summed E-state index contributed by atoms with van der Waals surface area (Å²) >= 11 is 0. The summed E-state index contributed by atoms with van der Waals surface area (Å²) in [6.07, 6.45) is 0.615. The van der Waals surface area contributed by atoms with E-state index in [0.717, 1.165) is 16.3 Å². The van der Waals surface area contributed by atoms with Crippen molar-refractivity contribution in [3.63, 3.8) is 0 Å². The number of ether oxygens (including phenoxy) is 1. The molecule has 0 aliphatic heterocycles. The van der Waals surface area contributed by atoms with Crippen molar-refractivity contribution in [2.75, 3.05) is 0 Å². The summed E-state index contributed by atoms with van der Waals surface area (Å²) in [5.74, 6) is -0.366. The van der Waals surface area contributed by atoms with Crippen LogP contribution in [-0.4, -0.2) is 27.5 Å². The predicted octanol–water partition coefficient (Wildman–Crippen LogP) is 2.86. The lowest BCUT2D eigenvalue weighted by Gasteiger charge is -2.15. The highest BCUT2D eigenvalue weighted by Crippen LogP contribution is 2.21. The van der Waals surface area contributed by atoms with E-state index in [4.69, 9.17) is 4.74 Å². The van der Waals surface area contributed by atoms with Crippen LogP contribution >= 0.6 is 0 Å². The van der Waals surface area contributed by atoms with Gasteiger partial charge in [0.1, 0.15) is 5.75 Å². The van der Waals surface area contributed by atoms with E-state index < -0.39 is 17.9 Å². The molecule has 0 aliphatic rings. The summed E-state index contributed by atoms with van der Waals surface area (Å²) in [4.78, 5) is 41.4. The van der Waals surface area contributed by atoms with Crippen LogP contribution in [0, 0.1) is 6.92 Å². The second-order valence-corrected chi connectivity index (χ2v) is 7.77. The van der Waals surface area contributed by atoms with Gasteiger partial charge in [-0.25, -0.2) is 4.98 Å². The fourth-order valence-electron chi connectivity index (χ4n) is 3.51. The zero-order valence-corrected chi connectivity index (χ0v) is 18.4. The molecule has 168 valence electrons. The van der Waals surface area contributed by atoms with Crippen LogP contribution in [0.4, 0.5) is 0 Å². The fourth-order valence-corrected chi connectivity index (χ4v) is 3.51. The van der Waals surface area contributed by atoms with E-state index in [1.54, 1.807) is 25.1 Å². The van der Waals surface area contributed by atoms with Crippen LogP contribution in [0.15, 0.2) is 71.8 Å². The highest BCUT2D eigenvalue weighted by Gasteiger charge is 2.16. The van der Waals surface area contributed by atoms with E-state index in [1.807, 2.05) is 49.4 Å². The van der Waals surface area contributed by atoms with Gasteiger partial charge in [-0.2, -0.15) is 0 Å². The normalized spacial score (nSPS) is 11.8. The molecule has 1 unspecified atom stereocenters. The van der Waals surface area contributed by atoms with Gasteiger partial charge in [-0.3, -0.25) is 29.8 Å². The van der Waals surface area contributed by atoms with Crippen molar-refractivity contribution >= 4 is 33.5 Å². The maximum absolute atomic E-state index is 12.6. The third-order valence-electron chi connectivity index (χ3n) is 5.36. The average molecular weight is 444 g/mol. The van der Waals surface area contributed by atoms with Gasteiger partial charge in [-0.05, 0) is 48.4 Å². The molecule has 8 heteroatoms. The number of benzene rings is 3. The number of nitrogens with one attached hydrogen (secondary N) is 2. The molecule has 8 nitrogen and oxygen atoms in total. The Morgan fingerprint density at radius 1 is 1.03 bits per heavy atom. The monoisotopic (exact) mass is 444 g/mol. The zero-order chi connectivity index (χ0) is 23.4. The molecule has 0 radical (unpaired) electrons. The number of hydrazine groups is 1. The lowest BCUT2D eigenvalue weighted by molar-refractivity contribution is -0.132. The Hall–Kier alpha value is -4.20. The number of hydrogen-bond donors (Lipinski definition) is 2. The van der Waals surface area contributed by atoms with Gasteiger partial charge in [0.05, 0.1) is 17.2 Å². The van der Waals surface area contributed by atoms with Gasteiger partial charge in [0.25, 0.3) is 11.5 Å². The lowest BCUT2D eigenvalue weighted by Crippen LogP contribution is -2.47. The number of hydrogen-bond acceptors (Lipinski definition) is 5. The summed E-state index contributed by atoms with van der Waals surface area (Å²) in [6, 6.07) is 18.8. The SMILES string of the molecule is Cc1cccc2c(=O)n(CCC(=O)NNC(=O)C(C)Oc3ccc4ccccc4c3)cnc12. The second kappa shape index (κ2) is 9.52. The van der Waals surface area contributed by atoms with Crippen molar-refractivity contribution in [3.05, 3.63) is 82.9 Å². The average Bonchev–Trinajstić information content (AvgIpc) is 2.82. The number of para-hydroxylation sites is 1. The van der Waals surface area contributed by atoms with Crippen LogP contribution in [0.3, 0.4) is 0 Å². The Bertz CT molecular complexity index is 1400. The van der Waals surface area contributed by atoms with Crippen LogP contribution < -0.4 is 21.1 Å². The highest BCUT2D eigenvalue weighted by molar-refractivity contribution is 5.86. The van der Waals surface area contributed by atoms with Crippen LogP contribution in [0.2, 0.25) is 0 Å². The van der Waals surface area contributed by atoms with Crippen LogP contribution in [0.5, 0.6) is 5.75 Å². The summed E-state index contributed by atoms with van der Waals surface area (Å²) in [5.41, 5.74) is 6.07. The van der Waals surface area contributed by atoms with Crippen molar-refractivity contribution in [1.82, 2.24) is 20.4 Å². The quantitative estimate of drug-likeness (QED) is 0.445. The van der Waals surface area contributed by atoms with E-state index >= 15 is 0 Å². The summed E-state index contributed by atoms with van der Waals surface area (Å²) < 4.78 is 7.08. The molecule has 0 aliphatic carbocycles. The molecule has 1 aromatic heterocycles. The Morgan fingerprint density at radius 2 is 1.82 bits per heavy atom. The Balaban J connectivity index is 1.29. The molecular formula is C25H24N4O4. The van der Waals surface area contributed by atoms with E-state index in [-0.39, 0.29) is 18.5 Å². The summed E-state index contributed by atoms with van der Waals surface area (Å²) in [7, 11) is 0. The van der Waals surface area contributed by atoms with Gasteiger partial charge >= 0.3 is 0 Å². The number of fused-ring (bicyclic) bond motifs is 2. The maximum atomic E-state index is 12.6. The first-order chi connectivity index (χ1) is 15.9. The minimum atomic E-state index is -0.818. The Kier molecular flexibility index (Phi) is 6.35. The molecule has 1 heterocycles. The molecule has 0 bridgehead atoms. The molecule has 2 N–H and O–H groups in total. The third-order valence-corrected chi connectivity index (χ3v) is 5.36. The number of aryl methyl sites for hydroxylation is 2. The summed E-state index contributed by atoms with van der Waals surface area (Å²) in [5, 5.41) is 2.58. The van der Waals surface area contributed by atoms with Crippen molar-refractivity contribution < 1.29 is 14.3 Å². The minimum Gasteiger partial charge on any atom is -0.481 e. The van der Waals surface area contributed by atoms with Crippen molar-refractivity contribution in [2.45, 2.75) is 32.9 Å². The fraction of sp³-hybridized carbons (Fsp3) is 0.200. The topological polar surface area (TPSA) is 102 Å². The van der Waals surface area contributed by atoms with Crippen LogP contribution in [0.1, 0.15) is 18.9 Å². The highest BCUT2D eigenvalue weighted by atomic mass is 16.5. The Labute approximate surface area is 190 Å². The molecule has 33 heavy (non-hydrogen) atoms. The van der Waals surface area contributed by atoms with Crippen molar-refractivity contribution in [2.24, 2.45) is 0 Å². The van der Waals surface area contributed by atoms with Crippen molar-refractivity contribution in [1.29, 1.82) is 0 Å². The van der Waals surface area contributed by atoms with Gasteiger partial charge < -0.3 is 4.74 Å². The first-order valence-electron chi connectivity index (χ1n) is 10.6. The zero-order valence-electron chi connectivity index (χ0n) is 18.4. The van der Waals surface area contributed by atoms with Crippen molar-refractivity contribution in [3.8, 4) is 5.75 Å². The van der Waals surface area contributed by atoms with Crippen LogP contribution in [0.25, 0.3) is 21.7 Å². The standard InChI is InChI=1S/C25H24N4O4/c1-16-6-5-9-21-23(16)26-15-29(25(21)32)13-12-22(30)27-28-24(31)17(2)33-20-11-10-18-7-3-4-8-19(18)14-20/h3-11,14-15,17H,12-13H2,1-2H3,(H,27,30)(H,28,31). The van der Waals surface area contributed by atoms with E-state index in [1.165, 1.54) is 10.9 Å². The molecule has 0 spiro atoms. The molecule has 4 aromatic rings. The first kappa shape index (κ1) is 22.0.